The second-order valence-corrected chi connectivity index (χ2v) is 13.8. The fourth-order valence-electron chi connectivity index (χ4n) is 3.28. The summed E-state index contributed by atoms with van der Waals surface area (Å²) in [6.45, 7) is 11.8. The maximum absolute atomic E-state index is 13.1. The van der Waals surface area contributed by atoms with Gasteiger partial charge in [-0.05, 0) is 30.7 Å². The lowest BCUT2D eigenvalue weighted by molar-refractivity contribution is -0.123. The number of ether oxygens (including phenoxy) is 1. The van der Waals surface area contributed by atoms with Gasteiger partial charge in [-0.2, -0.15) is 0 Å². The molecule has 0 saturated carbocycles. The summed E-state index contributed by atoms with van der Waals surface area (Å²) >= 11 is 0. The number of carbonyl (C=O) groups is 2. The summed E-state index contributed by atoms with van der Waals surface area (Å²) in [7, 11) is -1.23. The van der Waals surface area contributed by atoms with E-state index in [4.69, 9.17) is 4.74 Å². The second kappa shape index (κ2) is 6.89. The lowest BCUT2D eigenvalue weighted by atomic mass is 10.1. The molecule has 1 aromatic carbocycles. The first-order valence-corrected chi connectivity index (χ1v) is 12.6. The Morgan fingerprint density at radius 1 is 1.31 bits per heavy atom. The van der Waals surface area contributed by atoms with Crippen LogP contribution in [0.1, 0.15) is 16.8 Å². The van der Waals surface area contributed by atoms with E-state index in [2.05, 4.69) is 26.2 Å². The van der Waals surface area contributed by atoms with Crippen LogP contribution in [0.4, 0.5) is 5.69 Å². The van der Waals surface area contributed by atoms with E-state index >= 15 is 0 Å². The molecule has 0 spiro atoms. The standard InChI is InChI=1S/C19H26N2O4Si/c1-13-9-17-19(24)21(12-25-7-8-26(2,3)4)16-6-5-14(22)10-15(16)18(23)20(17)11-13/h5-6,10,17,22H,1,7-9,11-12H2,2-4H3/t17-/m0/s1. The predicted molar refractivity (Wildman–Crippen MR) is 103 cm³/mol. The molecule has 1 saturated heterocycles. The molecule has 6 nitrogen and oxygen atoms in total. The van der Waals surface area contributed by atoms with Crippen molar-refractivity contribution >= 4 is 25.6 Å². The van der Waals surface area contributed by atoms with E-state index in [0.717, 1.165) is 11.6 Å². The highest BCUT2D eigenvalue weighted by Gasteiger charge is 2.43. The van der Waals surface area contributed by atoms with Crippen molar-refractivity contribution in [1.82, 2.24) is 4.90 Å². The molecule has 1 aromatic rings. The van der Waals surface area contributed by atoms with E-state index in [-0.39, 0.29) is 24.3 Å². The van der Waals surface area contributed by atoms with Crippen molar-refractivity contribution in [3.8, 4) is 5.75 Å². The van der Waals surface area contributed by atoms with Gasteiger partial charge in [-0.25, -0.2) is 0 Å². The number of phenols is 1. The van der Waals surface area contributed by atoms with Gasteiger partial charge in [0, 0.05) is 21.2 Å². The number of hydrogen-bond acceptors (Lipinski definition) is 4. The molecule has 7 heteroatoms. The maximum atomic E-state index is 13.1. The van der Waals surface area contributed by atoms with Crippen LogP contribution in [0.2, 0.25) is 25.7 Å². The molecule has 26 heavy (non-hydrogen) atoms. The molecule has 140 valence electrons. The van der Waals surface area contributed by atoms with Crippen molar-refractivity contribution in [3.05, 3.63) is 35.9 Å². The van der Waals surface area contributed by atoms with Crippen molar-refractivity contribution in [2.45, 2.75) is 38.1 Å². The molecule has 2 aliphatic rings. The highest BCUT2D eigenvalue weighted by Crippen LogP contribution is 2.35. The third-order valence-electron chi connectivity index (χ3n) is 4.78. The van der Waals surface area contributed by atoms with E-state index in [1.165, 1.54) is 17.0 Å². The van der Waals surface area contributed by atoms with Gasteiger partial charge in [0.1, 0.15) is 18.5 Å². The summed E-state index contributed by atoms with van der Waals surface area (Å²) in [5.41, 5.74) is 1.68. The van der Waals surface area contributed by atoms with Crippen molar-refractivity contribution in [1.29, 1.82) is 0 Å². The first-order valence-electron chi connectivity index (χ1n) is 8.87. The van der Waals surface area contributed by atoms with Crippen molar-refractivity contribution in [2.75, 3.05) is 24.8 Å². The predicted octanol–water partition coefficient (Wildman–Crippen LogP) is 2.82. The monoisotopic (exact) mass is 374 g/mol. The summed E-state index contributed by atoms with van der Waals surface area (Å²) in [6.07, 6.45) is 0.468. The molecule has 1 N–H and O–H groups in total. The Labute approximate surface area is 155 Å². The van der Waals surface area contributed by atoms with Gasteiger partial charge in [-0.3, -0.25) is 14.5 Å². The number of anilines is 1. The molecule has 0 unspecified atom stereocenters. The molecule has 0 aliphatic carbocycles. The quantitative estimate of drug-likeness (QED) is 0.489. The Hall–Kier alpha value is -2.12. The lowest BCUT2D eigenvalue weighted by Crippen LogP contribution is -2.45. The summed E-state index contributed by atoms with van der Waals surface area (Å²) in [4.78, 5) is 29.1. The molecule has 2 aliphatic heterocycles. The van der Waals surface area contributed by atoms with Gasteiger partial charge in [0.05, 0.1) is 11.3 Å². The summed E-state index contributed by atoms with van der Waals surface area (Å²) in [5.74, 6) is -0.410. The summed E-state index contributed by atoms with van der Waals surface area (Å²) < 4.78 is 5.80. The smallest absolute Gasteiger partial charge is 0.257 e. The summed E-state index contributed by atoms with van der Waals surface area (Å²) in [5, 5.41) is 9.83. The third kappa shape index (κ3) is 3.68. The van der Waals surface area contributed by atoms with Crippen LogP contribution in [0.3, 0.4) is 0 Å². The van der Waals surface area contributed by atoms with Crippen LogP contribution in [0, 0.1) is 0 Å². The molecule has 1 fully saturated rings. The van der Waals surface area contributed by atoms with Crippen LogP contribution >= 0.6 is 0 Å². The zero-order valence-electron chi connectivity index (χ0n) is 15.6. The fraction of sp³-hybridized carbons (Fsp3) is 0.474. The van der Waals surface area contributed by atoms with E-state index in [1.807, 2.05) is 0 Å². The van der Waals surface area contributed by atoms with Gasteiger partial charge >= 0.3 is 0 Å². The Balaban J connectivity index is 1.89. The number of hydrogen-bond donors (Lipinski definition) is 1. The third-order valence-corrected chi connectivity index (χ3v) is 6.49. The first kappa shape index (κ1) is 18.7. The topological polar surface area (TPSA) is 70.1 Å². The Kier molecular flexibility index (Phi) is 4.94. The minimum Gasteiger partial charge on any atom is -0.508 e. The minimum atomic E-state index is -1.23. The maximum Gasteiger partial charge on any atom is 0.257 e. The van der Waals surface area contributed by atoms with Crippen LogP contribution in [-0.2, 0) is 9.53 Å². The molecule has 2 heterocycles. The number of amides is 2. The van der Waals surface area contributed by atoms with E-state index in [1.54, 1.807) is 11.0 Å². The molecule has 3 rings (SSSR count). The normalized spacial score (nSPS) is 20.3. The van der Waals surface area contributed by atoms with Crippen molar-refractivity contribution in [3.63, 3.8) is 0 Å². The molecule has 0 bridgehead atoms. The molecule has 1 atom stereocenters. The number of fused-ring (bicyclic) bond motifs is 2. The molecule has 0 aromatic heterocycles. The zero-order valence-corrected chi connectivity index (χ0v) is 16.6. The number of phenolic OH excluding ortho intramolecular Hbond substituents is 1. The largest absolute Gasteiger partial charge is 0.508 e. The minimum absolute atomic E-state index is 0.000577. The molecular formula is C19H26N2O4Si. The van der Waals surface area contributed by atoms with Gasteiger partial charge in [0.2, 0.25) is 0 Å². The average molecular weight is 375 g/mol. The molecular weight excluding hydrogens is 348 g/mol. The number of carbonyl (C=O) groups excluding carboxylic acids is 2. The van der Waals surface area contributed by atoms with Gasteiger partial charge in [0.15, 0.2) is 0 Å². The zero-order chi connectivity index (χ0) is 19.1. The van der Waals surface area contributed by atoms with Crippen LogP contribution < -0.4 is 4.90 Å². The Bertz CT molecular complexity index is 756. The van der Waals surface area contributed by atoms with Crippen LogP contribution in [0.25, 0.3) is 0 Å². The Morgan fingerprint density at radius 2 is 2.04 bits per heavy atom. The van der Waals surface area contributed by atoms with Crippen molar-refractivity contribution < 1.29 is 19.4 Å². The highest BCUT2D eigenvalue weighted by molar-refractivity contribution is 6.76. The van der Waals surface area contributed by atoms with E-state index in [9.17, 15) is 14.7 Å². The van der Waals surface area contributed by atoms with Crippen LogP contribution in [0.15, 0.2) is 30.4 Å². The fourth-order valence-corrected chi connectivity index (χ4v) is 4.04. The Morgan fingerprint density at radius 3 is 2.73 bits per heavy atom. The van der Waals surface area contributed by atoms with Gasteiger partial charge in [-0.15, -0.1) is 0 Å². The SMILES string of the molecule is C=C1C[C@H]2C(=O)N(COCC[Si](C)(C)C)c3ccc(O)cc3C(=O)N2C1. The number of nitrogens with zero attached hydrogens (tertiary/aromatic N) is 2. The number of rotatable bonds is 5. The first-order chi connectivity index (χ1) is 12.2. The van der Waals surface area contributed by atoms with Crippen LogP contribution in [-0.4, -0.2) is 55.8 Å². The number of benzene rings is 1. The van der Waals surface area contributed by atoms with Gasteiger partial charge in [0.25, 0.3) is 11.8 Å². The average Bonchev–Trinajstić information content (AvgIpc) is 2.92. The van der Waals surface area contributed by atoms with E-state index in [0.29, 0.717) is 30.8 Å². The van der Waals surface area contributed by atoms with E-state index < -0.39 is 14.1 Å². The molecule has 0 radical (unpaired) electrons. The van der Waals surface area contributed by atoms with Gasteiger partial charge in [-0.1, -0.05) is 31.8 Å². The summed E-state index contributed by atoms with van der Waals surface area (Å²) in [6, 6.07) is 4.97. The number of aromatic hydroxyl groups is 1. The second-order valence-electron chi connectivity index (χ2n) is 8.22. The lowest BCUT2D eigenvalue weighted by Gasteiger charge is -2.26. The van der Waals surface area contributed by atoms with Crippen molar-refractivity contribution in [2.24, 2.45) is 0 Å². The molecule has 2 amide bonds. The highest BCUT2D eigenvalue weighted by atomic mass is 28.3. The van der Waals surface area contributed by atoms with Gasteiger partial charge < -0.3 is 14.7 Å². The van der Waals surface area contributed by atoms with Crippen LogP contribution in [0.5, 0.6) is 5.75 Å².